The Kier molecular flexibility index (Phi) is 4.24. The van der Waals surface area contributed by atoms with Gasteiger partial charge in [0.25, 0.3) is 0 Å². The van der Waals surface area contributed by atoms with Gasteiger partial charge in [-0.3, -0.25) is 0 Å². The SMILES string of the molecule is COc1cccc(OC2c3ccc(OC)cc3Oc3ccc4ccccc4c32)c1. The van der Waals surface area contributed by atoms with Crippen molar-refractivity contribution >= 4 is 10.8 Å². The molecular weight excluding hydrogens is 364 g/mol. The molecule has 1 aliphatic rings. The first-order valence-electron chi connectivity index (χ1n) is 9.45. The lowest BCUT2D eigenvalue weighted by Gasteiger charge is -2.30. The molecule has 0 N–H and O–H groups in total. The molecule has 144 valence electrons. The van der Waals surface area contributed by atoms with Crippen molar-refractivity contribution in [3.63, 3.8) is 0 Å². The van der Waals surface area contributed by atoms with E-state index in [1.54, 1.807) is 14.2 Å². The molecule has 4 heteroatoms. The number of methoxy groups -OCH3 is 2. The number of benzene rings is 4. The molecule has 0 spiro atoms. The molecular formula is C25H20O4. The minimum Gasteiger partial charge on any atom is -0.497 e. The molecule has 0 fully saturated rings. The highest BCUT2D eigenvalue weighted by Crippen LogP contribution is 2.48. The van der Waals surface area contributed by atoms with Gasteiger partial charge in [-0.2, -0.15) is 0 Å². The van der Waals surface area contributed by atoms with Gasteiger partial charge in [-0.1, -0.05) is 36.4 Å². The van der Waals surface area contributed by atoms with E-state index in [0.717, 1.165) is 50.6 Å². The van der Waals surface area contributed by atoms with Crippen LogP contribution in [0.25, 0.3) is 10.8 Å². The molecule has 0 aromatic heterocycles. The molecule has 0 amide bonds. The number of rotatable bonds is 4. The third-order valence-electron chi connectivity index (χ3n) is 5.21. The number of hydrogen-bond donors (Lipinski definition) is 0. The Balaban J connectivity index is 1.70. The monoisotopic (exact) mass is 384 g/mol. The summed E-state index contributed by atoms with van der Waals surface area (Å²) in [7, 11) is 3.30. The third-order valence-corrected chi connectivity index (χ3v) is 5.21. The zero-order chi connectivity index (χ0) is 19.8. The minimum absolute atomic E-state index is 0.321. The summed E-state index contributed by atoms with van der Waals surface area (Å²) in [6.07, 6.45) is -0.321. The highest BCUT2D eigenvalue weighted by Gasteiger charge is 2.31. The van der Waals surface area contributed by atoms with Gasteiger partial charge >= 0.3 is 0 Å². The summed E-state index contributed by atoms with van der Waals surface area (Å²) < 4.78 is 23.5. The standard InChI is InChI=1S/C25H20O4/c1-26-17-7-5-8-19(14-17)28-25-21-12-11-18(27-2)15-23(21)29-22-13-10-16-6-3-4-9-20(16)24(22)25/h3-15,25H,1-2H3. The molecule has 1 unspecified atom stereocenters. The first kappa shape index (κ1) is 17.4. The molecule has 4 nitrogen and oxygen atoms in total. The van der Waals surface area contributed by atoms with Crippen LogP contribution in [-0.2, 0) is 0 Å². The average Bonchev–Trinajstić information content (AvgIpc) is 2.78. The summed E-state index contributed by atoms with van der Waals surface area (Å²) in [6, 6.07) is 25.8. The van der Waals surface area contributed by atoms with E-state index in [1.807, 2.05) is 60.7 Å². The zero-order valence-electron chi connectivity index (χ0n) is 16.2. The molecule has 4 aromatic rings. The Morgan fingerprint density at radius 1 is 0.690 bits per heavy atom. The molecule has 1 atom stereocenters. The van der Waals surface area contributed by atoms with Gasteiger partial charge < -0.3 is 18.9 Å². The van der Waals surface area contributed by atoms with Crippen molar-refractivity contribution in [2.24, 2.45) is 0 Å². The minimum atomic E-state index is -0.321. The summed E-state index contributed by atoms with van der Waals surface area (Å²) in [5.74, 6) is 3.75. The second kappa shape index (κ2) is 7.06. The largest absolute Gasteiger partial charge is 0.497 e. The molecule has 1 aliphatic heterocycles. The Morgan fingerprint density at radius 3 is 2.34 bits per heavy atom. The van der Waals surface area contributed by atoms with E-state index in [-0.39, 0.29) is 6.10 Å². The van der Waals surface area contributed by atoms with E-state index in [9.17, 15) is 0 Å². The Morgan fingerprint density at radius 2 is 1.48 bits per heavy atom. The fourth-order valence-corrected chi connectivity index (χ4v) is 3.79. The molecule has 29 heavy (non-hydrogen) atoms. The van der Waals surface area contributed by atoms with Crippen LogP contribution in [0, 0.1) is 0 Å². The van der Waals surface area contributed by atoms with Crippen molar-refractivity contribution in [1.29, 1.82) is 0 Å². The van der Waals surface area contributed by atoms with Crippen LogP contribution in [0.1, 0.15) is 17.2 Å². The van der Waals surface area contributed by atoms with Crippen molar-refractivity contribution in [1.82, 2.24) is 0 Å². The fraction of sp³-hybridized carbons (Fsp3) is 0.120. The normalized spacial score (nSPS) is 14.5. The van der Waals surface area contributed by atoms with Gasteiger partial charge in [-0.25, -0.2) is 0 Å². The van der Waals surface area contributed by atoms with Crippen LogP contribution in [-0.4, -0.2) is 14.2 Å². The Bertz CT molecular complexity index is 1200. The van der Waals surface area contributed by atoms with E-state index in [0.29, 0.717) is 0 Å². The zero-order valence-corrected chi connectivity index (χ0v) is 16.2. The van der Waals surface area contributed by atoms with E-state index in [4.69, 9.17) is 18.9 Å². The Labute approximate surface area is 169 Å². The van der Waals surface area contributed by atoms with Crippen LogP contribution >= 0.6 is 0 Å². The van der Waals surface area contributed by atoms with Gasteiger partial charge in [-0.15, -0.1) is 0 Å². The quantitative estimate of drug-likeness (QED) is 0.424. The summed E-state index contributed by atoms with van der Waals surface area (Å²) in [5, 5.41) is 2.26. The lowest BCUT2D eigenvalue weighted by atomic mass is 9.92. The molecule has 0 bridgehead atoms. The van der Waals surface area contributed by atoms with Crippen LogP contribution in [0.4, 0.5) is 0 Å². The summed E-state index contributed by atoms with van der Waals surface area (Å²) in [5.41, 5.74) is 1.97. The molecule has 0 aliphatic carbocycles. The second-order valence-electron chi connectivity index (χ2n) is 6.88. The summed E-state index contributed by atoms with van der Waals surface area (Å²) in [6.45, 7) is 0. The molecule has 0 saturated heterocycles. The van der Waals surface area contributed by atoms with Gasteiger partial charge in [0.1, 0.15) is 28.7 Å². The summed E-state index contributed by atoms with van der Waals surface area (Å²) >= 11 is 0. The topological polar surface area (TPSA) is 36.9 Å². The van der Waals surface area contributed by atoms with Crippen LogP contribution in [0.2, 0.25) is 0 Å². The maximum atomic E-state index is 6.53. The number of ether oxygens (including phenoxy) is 4. The van der Waals surface area contributed by atoms with Gasteiger partial charge in [-0.05, 0) is 41.1 Å². The van der Waals surface area contributed by atoms with E-state index >= 15 is 0 Å². The second-order valence-corrected chi connectivity index (χ2v) is 6.88. The van der Waals surface area contributed by atoms with Crippen LogP contribution < -0.4 is 18.9 Å². The van der Waals surface area contributed by atoms with Gasteiger partial charge in [0.05, 0.1) is 14.2 Å². The van der Waals surface area contributed by atoms with Crippen molar-refractivity contribution in [2.75, 3.05) is 14.2 Å². The maximum absolute atomic E-state index is 6.53. The van der Waals surface area contributed by atoms with Crippen molar-refractivity contribution in [3.8, 4) is 28.7 Å². The van der Waals surface area contributed by atoms with Gasteiger partial charge in [0.15, 0.2) is 6.10 Å². The van der Waals surface area contributed by atoms with Gasteiger partial charge in [0.2, 0.25) is 0 Å². The van der Waals surface area contributed by atoms with Crippen molar-refractivity contribution in [2.45, 2.75) is 6.10 Å². The third kappa shape index (κ3) is 3.03. The molecule has 4 aromatic carbocycles. The summed E-state index contributed by atoms with van der Waals surface area (Å²) in [4.78, 5) is 0. The first-order valence-corrected chi connectivity index (χ1v) is 9.45. The number of hydrogen-bond acceptors (Lipinski definition) is 4. The van der Waals surface area contributed by atoms with Crippen LogP contribution in [0.15, 0.2) is 78.9 Å². The predicted octanol–water partition coefficient (Wildman–Crippen LogP) is 6.13. The van der Waals surface area contributed by atoms with Crippen LogP contribution in [0.5, 0.6) is 28.7 Å². The van der Waals surface area contributed by atoms with E-state index in [1.165, 1.54) is 0 Å². The maximum Gasteiger partial charge on any atom is 0.157 e. The van der Waals surface area contributed by atoms with Crippen molar-refractivity contribution < 1.29 is 18.9 Å². The van der Waals surface area contributed by atoms with Crippen LogP contribution in [0.3, 0.4) is 0 Å². The first-order chi connectivity index (χ1) is 14.3. The van der Waals surface area contributed by atoms with Crippen molar-refractivity contribution in [3.05, 3.63) is 90.0 Å². The predicted molar refractivity (Wildman–Crippen MR) is 112 cm³/mol. The van der Waals surface area contributed by atoms with Gasteiger partial charge in [0, 0.05) is 23.3 Å². The van der Waals surface area contributed by atoms with E-state index in [2.05, 4.69) is 18.2 Å². The smallest absolute Gasteiger partial charge is 0.157 e. The molecule has 0 saturated carbocycles. The highest BCUT2D eigenvalue weighted by molar-refractivity contribution is 5.89. The lowest BCUT2D eigenvalue weighted by Crippen LogP contribution is -2.16. The highest BCUT2D eigenvalue weighted by atomic mass is 16.5. The molecule has 5 rings (SSSR count). The number of fused-ring (bicyclic) bond motifs is 4. The molecule has 1 heterocycles. The molecule has 0 radical (unpaired) electrons. The Hall–Kier alpha value is -3.66. The average molecular weight is 384 g/mol. The fourth-order valence-electron chi connectivity index (χ4n) is 3.79. The van der Waals surface area contributed by atoms with E-state index < -0.39 is 0 Å². The lowest BCUT2D eigenvalue weighted by molar-refractivity contribution is 0.228.